The van der Waals surface area contributed by atoms with E-state index in [9.17, 15) is 9.90 Å². The average Bonchev–Trinajstić information content (AvgIpc) is 2.78. The number of benzene rings is 1. The lowest BCUT2D eigenvalue weighted by atomic mass is 9.78. The first-order valence-corrected chi connectivity index (χ1v) is 10.0. The molecule has 4 rings (SSSR count). The van der Waals surface area contributed by atoms with Crippen LogP contribution in [0.4, 0.5) is 10.2 Å². The standard InChI is InChI=1S/C23H25FN4O2/c1-16(29)27-20-8-7-19(17-5-3-2-4-6-17)22(30)23(20,24)18-9-10-26-21(15-18)28-13-11-25-12-14-28/h2-10,15,22,25,30H,11-14H2,1H3,(H,27,29). The summed E-state index contributed by atoms with van der Waals surface area (Å²) in [7, 11) is 0. The first-order valence-electron chi connectivity index (χ1n) is 10.0. The Balaban J connectivity index is 1.78. The number of amides is 1. The van der Waals surface area contributed by atoms with Gasteiger partial charge in [0.2, 0.25) is 11.6 Å². The largest absolute Gasteiger partial charge is 0.384 e. The molecular weight excluding hydrogens is 383 g/mol. The molecule has 1 aliphatic heterocycles. The Morgan fingerprint density at radius 3 is 2.67 bits per heavy atom. The second-order valence-electron chi connectivity index (χ2n) is 7.50. The molecule has 2 heterocycles. The SMILES string of the molecule is CC(=O)NC1=CC=C(c2ccccc2)C(O)C1(F)c1ccnc(N2CCNCC2)c1. The monoisotopic (exact) mass is 408 g/mol. The fraction of sp³-hybridized carbons (Fsp3) is 0.304. The van der Waals surface area contributed by atoms with Crippen molar-refractivity contribution in [3.63, 3.8) is 0 Å². The van der Waals surface area contributed by atoms with Crippen molar-refractivity contribution in [2.45, 2.75) is 18.7 Å². The number of hydrogen-bond donors (Lipinski definition) is 3. The van der Waals surface area contributed by atoms with Gasteiger partial charge in [-0.3, -0.25) is 4.79 Å². The maximum atomic E-state index is 16.8. The van der Waals surface area contributed by atoms with Gasteiger partial charge in [0.05, 0.1) is 5.70 Å². The number of aliphatic hydroxyl groups is 1. The Morgan fingerprint density at radius 2 is 1.97 bits per heavy atom. The second kappa shape index (κ2) is 8.38. The molecule has 2 unspecified atom stereocenters. The molecule has 7 heteroatoms. The maximum absolute atomic E-state index is 16.8. The highest BCUT2D eigenvalue weighted by molar-refractivity contribution is 5.79. The lowest BCUT2D eigenvalue weighted by molar-refractivity contribution is -0.119. The van der Waals surface area contributed by atoms with Gasteiger partial charge in [-0.1, -0.05) is 36.4 Å². The molecule has 156 valence electrons. The van der Waals surface area contributed by atoms with Crippen LogP contribution >= 0.6 is 0 Å². The van der Waals surface area contributed by atoms with Gasteiger partial charge in [0.15, 0.2) is 0 Å². The van der Waals surface area contributed by atoms with Crippen molar-refractivity contribution in [2.75, 3.05) is 31.1 Å². The highest BCUT2D eigenvalue weighted by Crippen LogP contribution is 2.44. The Bertz CT molecular complexity index is 986. The van der Waals surface area contributed by atoms with Crippen LogP contribution < -0.4 is 15.5 Å². The van der Waals surface area contributed by atoms with E-state index in [4.69, 9.17) is 0 Å². The number of pyridine rings is 1. The van der Waals surface area contributed by atoms with Gasteiger partial charge in [0.1, 0.15) is 11.9 Å². The van der Waals surface area contributed by atoms with Crippen LogP contribution in [-0.2, 0) is 10.5 Å². The predicted molar refractivity (Wildman–Crippen MR) is 114 cm³/mol. The normalized spacial score (nSPS) is 24.1. The molecule has 0 saturated carbocycles. The zero-order chi connectivity index (χ0) is 21.1. The third-order valence-electron chi connectivity index (χ3n) is 5.52. The number of nitrogens with one attached hydrogen (secondary N) is 2. The quantitative estimate of drug-likeness (QED) is 0.723. The summed E-state index contributed by atoms with van der Waals surface area (Å²) in [6, 6.07) is 12.4. The summed E-state index contributed by atoms with van der Waals surface area (Å²) < 4.78 is 16.8. The van der Waals surface area contributed by atoms with Crippen molar-refractivity contribution < 1.29 is 14.3 Å². The summed E-state index contributed by atoms with van der Waals surface area (Å²) in [5, 5.41) is 17.1. The minimum atomic E-state index is -2.32. The number of alkyl halides is 1. The van der Waals surface area contributed by atoms with E-state index in [-0.39, 0.29) is 11.3 Å². The van der Waals surface area contributed by atoms with Crippen LogP contribution in [0.1, 0.15) is 18.1 Å². The molecule has 6 nitrogen and oxygen atoms in total. The zero-order valence-electron chi connectivity index (χ0n) is 16.8. The molecule has 1 aromatic carbocycles. The molecule has 2 aliphatic rings. The van der Waals surface area contributed by atoms with Gasteiger partial charge in [0, 0.05) is 44.9 Å². The van der Waals surface area contributed by atoms with E-state index in [0.29, 0.717) is 11.4 Å². The van der Waals surface area contributed by atoms with Gasteiger partial charge in [-0.05, 0) is 29.3 Å². The number of anilines is 1. The number of aromatic nitrogens is 1. The first kappa shape index (κ1) is 20.3. The summed E-state index contributed by atoms with van der Waals surface area (Å²) in [4.78, 5) is 18.2. The summed E-state index contributed by atoms with van der Waals surface area (Å²) in [6.45, 7) is 4.51. The van der Waals surface area contributed by atoms with Crippen LogP contribution in [-0.4, -0.2) is 48.3 Å². The molecule has 0 bridgehead atoms. The van der Waals surface area contributed by atoms with Crippen LogP contribution in [0.15, 0.2) is 66.5 Å². The number of aliphatic hydroxyl groups excluding tert-OH is 1. The van der Waals surface area contributed by atoms with Crippen molar-refractivity contribution in [1.29, 1.82) is 0 Å². The predicted octanol–water partition coefficient (Wildman–Crippen LogP) is 2.13. The van der Waals surface area contributed by atoms with Crippen molar-refractivity contribution in [3.05, 3.63) is 77.6 Å². The molecule has 1 fully saturated rings. The molecule has 1 aliphatic carbocycles. The fourth-order valence-corrected chi connectivity index (χ4v) is 3.98. The van der Waals surface area contributed by atoms with E-state index in [0.717, 1.165) is 31.7 Å². The molecule has 0 radical (unpaired) electrons. The number of rotatable bonds is 4. The van der Waals surface area contributed by atoms with Crippen LogP contribution in [0.25, 0.3) is 5.57 Å². The van der Waals surface area contributed by atoms with E-state index in [2.05, 4.69) is 20.5 Å². The van der Waals surface area contributed by atoms with Gasteiger partial charge in [-0.15, -0.1) is 0 Å². The fourth-order valence-electron chi connectivity index (χ4n) is 3.98. The molecule has 3 N–H and O–H groups in total. The minimum Gasteiger partial charge on any atom is -0.384 e. The summed E-state index contributed by atoms with van der Waals surface area (Å²) in [6.07, 6.45) is 3.24. The zero-order valence-corrected chi connectivity index (χ0v) is 16.8. The Labute approximate surface area is 175 Å². The Morgan fingerprint density at radius 1 is 1.23 bits per heavy atom. The average molecular weight is 408 g/mol. The van der Waals surface area contributed by atoms with Crippen LogP contribution in [0.5, 0.6) is 0 Å². The van der Waals surface area contributed by atoms with Crippen LogP contribution in [0.3, 0.4) is 0 Å². The van der Waals surface area contributed by atoms with Crippen LogP contribution in [0.2, 0.25) is 0 Å². The topological polar surface area (TPSA) is 77.5 Å². The number of carbonyl (C=O) groups is 1. The third-order valence-corrected chi connectivity index (χ3v) is 5.52. The highest BCUT2D eigenvalue weighted by Gasteiger charge is 2.48. The Hall–Kier alpha value is -3.03. The van der Waals surface area contributed by atoms with Gasteiger partial charge in [0.25, 0.3) is 0 Å². The van der Waals surface area contributed by atoms with Gasteiger partial charge >= 0.3 is 0 Å². The lowest BCUT2D eigenvalue weighted by Gasteiger charge is -2.37. The lowest BCUT2D eigenvalue weighted by Crippen LogP contribution is -2.46. The van der Waals surface area contributed by atoms with Crippen molar-refractivity contribution in [3.8, 4) is 0 Å². The molecule has 1 saturated heterocycles. The molecule has 2 atom stereocenters. The van der Waals surface area contributed by atoms with Crippen LogP contribution in [0, 0.1) is 0 Å². The minimum absolute atomic E-state index is 0.0136. The number of hydrogen-bond acceptors (Lipinski definition) is 5. The van der Waals surface area contributed by atoms with Crippen molar-refractivity contribution in [2.24, 2.45) is 0 Å². The van der Waals surface area contributed by atoms with Crippen molar-refractivity contribution >= 4 is 17.3 Å². The number of nitrogens with zero attached hydrogens (tertiary/aromatic N) is 2. The molecule has 1 aromatic heterocycles. The van der Waals surface area contributed by atoms with E-state index < -0.39 is 17.7 Å². The second-order valence-corrected chi connectivity index (χ2v) is 7.50. The van der Waals surface area contributed by atoms with Gasteiger partial charge in [-0.2, -0.15) is 0 Å². The highest BCUT2D eigenvalue weighted by atomic mass is 19.1. The molecule has 1 amide bonds. The smallest absolute Gasteiger partial charge is 0.221 e. The van der Waals surface area contributed by atoms with Crippen molar-refractivity contribution in [1.82, 2.24) is 15.6 Å². The summed E-state index contributed by atoms with van der Waals surface area (Å²) >= 11 is 0. The van der Waals surface area contributed by atoms with E-state index in [1.54, 1.807) is 24.4 Å². The summed E-state index contributed by atoms with van der Waals surface area (Å²) in [5.74, 6) is 0.250. The molecule has 0 spiro atoms. The molecular formula is C23H25FN4O2. The number of piperazine rings is 1. The van der Waals surface area contributed by atoms with E-state index in [1.807, 2.05) is 30.3 Å². The van der Waals surface area contributed by atoms with E-state index in [1.165, 1.54) is 13.0 Å². The third kappa shape index (κ3) is 3.74. The first-order chi connectivity index (χ1) is 14.5. The maximum Gasteiger partial charge on any atom is 0.221 e. The summed E-state index contributed by atoms with van der Waals surface area (Å²) in [5.41, 5.74) is -0.883. The number of allylic oxidation sites excluding steroid dienone is 2. The molecule has 2 aromatic rings. The van der Waals surface area contributed by atoms with Gasteiger partial charge < -0.3 is 20.6 Å². The Kier molecular flexibility index (Phi) is 5.65. The molecule has 30 heavy (non-hydrogen) atoms. The van der Waals surface area contributed by atoms with E-state index >= 15 is 4.39 Å². The van der Waals surface area contributed by atoms with Gasteiger partial charge in [-0.25, -0.2) is 9.37 Å². The number of halogens is 1. The number of carbonyl (C=O) groups excluding carboxylic acids is 1.